The number of sulfonamides is 1. The summed E-state index contributed by atoms with van der Waals surface area (Å²) in [6, 6.07) is 15.8. The van der Waals surface area contributed by atoms with E-state index in [4.69, 9.17) is 9.15 Å². The summed E-state index contributed by atoms with van der Waals surface area (Å²) in [5.74, 6) is -0.412. The number of hydrogen-bond donors (Lipinski definition) is 1. The van der Waals surface area contributed by atoms with Crippen molar-refractivity contribution in [2.75, 3.05) is 11.4 Å². The van der Waals surface area contributed by atoms with E-state index in [1.54, 1.807) is 43.5 Å². The number of carboxylic acids is 1. The minimum absolute atomic E-state index is 0.00715. The first-order chi connectivity index (χ1) is 16.3. The standard InChI is InChI=1S/C25H22N2O6S/c1-17-13-21(23-6-4-12-33-23)24(22(14-17)25(28)29)27(16-18-5-3-11-26-15-18)34(30,31)20-9-7-19(32-2)8-10-20/h3-15H,16H2,1-2H3,(H,28,29). The van der Waals surface area contributed by atoms with E-state index in [0.717, 1.165) is 4.31 Å². The predicted molar refractivity (Wildman–Crippen MR) is 126 cm³/mol. The van der Waals surface area contributed by atoms with E-state index in [0.29, 0.717) is 28.2 Å². The highest BCUT2D eigenvalue weighted by molar-refractivity contribution is 7.92. The maximum absolute atomic E-state index is 14.0. The molecule has 0 radical (unpaired) electrons. The molecule has 0 atom stereocenters. The molecule has 0 unspecified atom stereocenters. The van der Waals surface area contributed by atoms with Crippen LogP contribution in [-0.4, -0.2) is 31.6 Å². The van der Waals surface area contributed by atoms with E-state index in [1.165, 1.54) is 49.9 Å². The molecule has 0 aliphatic heterocycles. The van der Waals surface area contributed by atoms with Crippen molar-refractivity contribution in [2.45, 2.75) is 18.4 Å². The number of furan rings is 1. The second-order valence-corrected chi connectivity index (χ2v) is 9.40. The highest BCUT2D eigenvalue weighted by Gasteiger charge is 2.32. The molecular weight excluding hydrogens is 456 g/mol. The molecule has 0 bridgehead atoms. The van der Waals surface area contributed by atoms with E-state index < -0.39 is 16.0 Å². The minimum Gasteiger partial charge on any atom is -0.497 e. The number of anilines is 1. The molecule has 9 heteroatoms. The predicted octanol–water partition coefficient (Wildman–Crippen LogP) is 4.75. The third-order valence-electron chi connectivity index (χ3n) is 5.22. The Morgan fingerprint density at radius 2 is 1.88 bits per heavy atom. The Balaban J connectivity index is 2.00. The smallest absolute Gasteiger partial charge is 0.337 e. The fraction of sp³-hybridized carbons (Fsp3) is 0.120. The normalized spacial score (nSPS) is 11.2. The van der Waals surface area contributed by atoms with Gasteiger partial charge in [0.1, 0.15) is 11.5 Å². The number of aromatic nitrogens is 1. The molecular formula is C25H22N2O6S. The van der Waals surface area contributed by atoms with Crippen LogP contribution in [0.25, 0.3) is 11.3 Å². The summed E-state index contributed by atoms with van der Waals surface area (Å²) >= 11 is 0. The monoisotopic (exact) mass is 478 g/mol. The lowest BCUT2D eigenvalue weighted by molar-refractivity contribution is 0.0697. The zero-order valence-corrected chi connectivity index (χ0v) is 19.3. The van der Waals surface area contributed by atoms with Gasteiger partial charge in [-0.2, -0.15) is 0 Å². The molecule has 0 saturated heterocycles. The van der Waals surface area contributed by atoms with Crippen molar-refractivity contribution in [2.24, 2.45) is 0 Å². The lowest BCUT2D eigenvalue weighted by Gasteiger charge is -2.28. The van der Waals surface area contributed by atoms with Gasteiger partial charge in [0.2, 0.25) is 0 Å². The Labute approximate surface area is 197 Å². The number of aromatic carboxylic acids is 1. The topological polar surface area (TPSA) is 110 Å². The molecule has 4 rings (SSSR count). The average Bonchev–Trinajstić information content (AvgIpc) is 3.38. The van der Waals surface area contributed by atoms with Gasteiger partial charge in [0.25, 0.3) is 10.0 Å². The van der Waals surface area contributed by atoms with Crippen LogP contribution in [0.3, 0.4) is 0 Å². The quantitative estimate of drug-likeness (QED) is 0.389. The number of hydrogen-bond acceptors (Lipinski definition) is 6. The molecule has 4 aromatic rings. The SMILES string of the molecule is COc1ccc(S(=O)(=O)N(Cc2cccnc2)c2c(C(=O)O)cc(C)cc2-c2ccco2)cc1. The Kier molecular flexibility index (Phi) is 6.38. The molecule has 0 fully saturated rings. The van der Waals surface area contributed by atoms with Gasteiger partial charge in [-0.05, 0) is 72.6 Å². The van der Waals surface area contributed by atoms with E-state index in [2.05, 4.69) is 4.98 Å². The highest BCUT2D eigenvalue weighted by atomic mass is 32.2. The molecule has 0 aliphatic rings. The van der Waals surface area contributed by atoms with Gasteiger partial charge in [-0.1, -0.05) is 6.07 Å². The second kappa shape index (κ2) is 9.40. The summed E-state index contributed by atoms with van der Waals surface area (Å²) in [7, 11) is -2.73. The third-order valence-corrected chi connectivity index (χ3v) is 6.98. The fourth-order valence-corrected chi connectivity index (χ4v) is 5.14. The number of methoxy groups -OCH3 is 1. The Hall–Kier alpha value is -4.11. The summed E-state index contributed by atoms with van der Waals surface area (Å²) in [5, 5.41) is 10.1. The molecule has 2 aromatic heterocycles. The van der Waals surface area contributed by atoms with Crippen LogP contribution < -0.4 is 9.04 Å². The average molecular weight is 479 g/mol. The van der Waals surface area contributed by atoms with Crippen LogP contribution in [0.2, 0.25) is 0 Å². The van der Waals surface area contributed by atoms with Crippen molar-refractivity contribution in [1.29, 1.82) is 0 Å². The Bertz CT molecular complexity index is 1400. The van der Waals surface area contributed by atoms with E-state index in [-0.39, 0.29) is 22.7 Å². The Morgan fingerprint density at radius 1 is 1.12 bits per heavy atom. The van der Waals surface area contributed by atoms with Gasteiger partial charge < -0.3 is 14.3 Å². The number of pyridine rings is 1. The Morgan fingerprint density at radius 3 is 2.47 bits per heavy atom. The summed E-state index contributed by atoms with van der Waals surface area (Å²) in [5.41, 5.74) is 1.43. The molecule has 174 valence electrons. The molecule has 2 aromatic carbocycles. The maximum Gasteiger partial charge on any atom is 0.337 e. The van der Waals surface area contributed by atoms with Crippen molar-refractivity contribution in [1.82, 2.24) is 4.98 Å². The van der Waals surface area contributed by atoms with Gasteiger partial charge in [-0.25, -0.2) is 13.2 Å². The molecule has 1 N–H and O–H groups in total. The van der Waals surface area contributed by atoms with Crippen LogP contribution in [0.15, 0.2) is 88.6 Å². The van der Waals surface area contributed by atoms with Crippen LogP contribution in [0.1, 0.15) is 21.5 Å². The van der Waals surface area contributed by atoms with Crippen molar-refractivity contribution >= 4 is 21.7 Å². The molecule has 0 aliphatic carbocycles. The van der Waals surface area contributed by atoms with Crippen molar-refractivity contribution in [3.8, 4) is 17.1 Å². The fourth-order valence-electron chi connectivity index (χ4n) is 3.65. The number of carboxylic acid groups (broad SMARTS) is 1. The first-order valence-electron chi connectivity index (χ1n) is 10.3. The van der Waals surface area contributed by atoms with Crippen LogP contribution in [-0.2, 0) is 16.6 Å². The molecule has 34 heavy (non-hydrogen) atoms. The van der Waals surface area contributed by atoms with Gasteiger partial charge in [0.15, 0.2) is 0 Å². The lowest BCUT2D eigenvalue weighted by atomic mass is 10.0. The van der Waals surface area contributed by atoms with Crippen LogP contribution in [0, 0.1) is 6.92 Å². The largest absolute Gasteiger partial charge is 0.497 e. The molecule has 0 spiro atoms. The zero-order valence-electron chi connectivity index (χ0n) is 18.5. The van der Waals surface area contributed by atoms with Crippen LogP contribution >= 0.6 is 0 Å². The minimum atomic E-state index is -4.21. The van der Waals surface area contributed by atoms with Gasteiger partial charge >= 0.3 is 5.97 Å². The maximum atomic E-state index is 14.0. The van der Waals surface area contributed by atoms with Crippen molar-refractivity contribution in [3.63, 3.8) is 0 Å². The molecule has 0 amide bonds. The zero-order chi connectivity index (χ0) is 24.3. The molecule has 2 heterocycles. The summed E-state index contributed by atoms with van der Waals surface area (Å²) in [6.45, 7) is 1.60. The number of rotatable bonds is 8. The second-order valence-electron chi connectivity index (χ2n) is 7.54. The summed E-state index contributed by atoms with van der Waals surface area (Å²) < 4.78 is 39.7. The number of benzene rings is 2. The number of nitrogens with zero attached hydrogens (tertiary/aromatic N) is 2. The number of ether oxygens (including phenoxy) is 1. The molecule has 8 nitrogen and oxygen atoms in total. The summed E-state index contributed by atoms with van der Waals surface area (Å²) in [6.07, 6.45) is 4.57. The number of aryl methyl sites for hydroxylation is 1. The summed E-state index contributed by atoms with van der Waals surface area (Å²) in [4.78, 5) is 16.4. The first kappa shape index (κ1) is 23.1. The van der Waals surface area contributed by atoms with E-state index >= 15 is 0 Å². The van der Waals surface area contributed by atoms with Crippen molar-refractivity contribution in [3.05, 3.63) is 96.0 Å². The van der Waals surface area contributed by atoms with Gasteiger partial charge in [0, 0.05) is 18.0 Å². The van der Waals surface area contributed by atoms with Gasteiger partial charge in [-0.3, -0.25) is 9.29 Å². The number of carbonyl (C=O) groups is 1. The van der Waals surface area contributed by atoms with Crippen molar-refractivity contribution < 1.29 is 27.5 Å². The highest BCUT2D eigenvalue weighted by Crippen LogP contribution is 2.39. The van der Waals surface area contributed by atoms with Gasteiger partial charge in [0.05, 0.1) is 36.1 Å². The van der Waals surface area contributed by atoms with Crippen LogP contribution in [0.4, 0.5) is 5.69 Å². The van der Waals surface area contributed by atoms with Gasteiger partial charge in [-0.15, -0.1) is 0 Å². The third kappa shape index (κ3) is 4.51. The van der Waals surface area contributed by atoms with E-state index in [9.17, 15) is 18.3 Å². The van der Waals surface area contributed by atoms with Crippen LogP contribution in [0.5, 0.6) is 5.75 Å². The lowest BCUT2D eigenvalue weighted by Crippen LogP contribution is -2.32. The molecule has 0 saturated carbocycles. The first-order valence-corrected chi connectivity index (χ1v) is 11.7. The van der Waals surface area contributed by atoms with E-state index in [1.807, 2.05) is 0 Å².